The molecule has 0 atom stereocenters. The maximum atomic E-state index is 9.89. The van der Waals surface area contributed by atoms with Gasteiger partial charge < -0.3 is 15.6 Å². The quantitative estimate of drug-likeness (QED) is 0.591. The van der Waals surface area contributed by atoms with E-state index in [1.807, 2.05) is 0 Å². The van der Waals surface area contributed by atoms with Gasteiger partial charge >= 0.3 is 0 Å². The van der Waals surface area contributed by atoms with Crippen LogP contribution in [0.1, 0.15) is 12.8 Å². The monoisotopic (exact) mass is 186 g/mol. The molecule has 0 aromatic rings. The molecule has 2 saturated heterocycles. The van der Waals surface area contributed by atoms with Crippen LogP contribution in [0.4, 0.5) is 0 Å². The number of likely N-dealkylation sites (tertiary alicyclic amines) is 1. The summed E-state index contributed by atoms with van der Waals surface area (Å²) in [6.45, 7) is 4.04. The van der Waals surface area contributed by atoms with Crippen LogP contribution in [0.2, 0.25) is 0 Å². The van der Waals surface area contributed by atoms with Crippen LogP contribution in [0.15, 0.2) is 0 Å². The fraction of sp³-hybridized carbons (Fsp3) is 1.00. The zero-order valence-electron chi connectivity index (χ0n) is 7.91. The van der Waals surface area contributed by atoms with Gasteiger partial charge in [0.2, 0.25) is 0 Å². The zero-order valence-corrected chi connectivity index (χ0v) is 7.91. The number of rotatable bonds is 2. The van der Waals surface area contributed by atoms with Crippen molar-refractivity contribution in [3.8, 4) is 0 Å². The van der Waals surface area contributed by atoms with Gasteiger partial charge in [-0.15, -0.1) is 0 Å². The predicted octanol–water partition coefficient (Wildman–Crippen LogP) is -0.829. The summed E-state index contributed by atoms with van der Waals surface area (Å²) in [5.41, 5.74) is 4.92. The van der Waals surface area contributed by atoms with E-state index in [-0.39, 0.29) is 0 Å². The van der Waals surface area contributed by atoms with E-state index in [1.54, 1.807) is 0 Å². The van der Waals surface area contributed by atoms with Crippen LogP contribution in [0.25, 0.3) is 0 Å². The highest BCUT2D eigenvalue weighted by Crippen LogP contribution is 2.24. The van der Waals surface area contributed by atoms with E-state index in [0.717, 1.165) is 39.1 Å². The number of nitrogens with zero attached hydrogens (tertiary/aromatic N) is 1. The Kier molecular flexibility index (Phi) is 2.55. The lowest BCUT2D eigenvalue weighted by molar-refractivity contribution is -0.0965. The summed E-state index contributed by atoms with van der Waals surface area (Å²) in [7, 11) is 0. The van der Waals surface area contributed by atoms with E-state index in [0.29, 0.717) is 12.6 Å². The second-order valence-electron chi connectivity index (χ2n) is 4.16. The van der Waals surface area contributed by atoms with E-state index >= 15 is 0 Å². The number of nitrogens with two attached hydrogens (primary N) is 1. The Balaban J connectivity index is 1.81. The molecule has 2 fully saturated rings. The van der Waals surface area contributed by atoms with Gasteiger partial charge in [-0.2, -0.15) is 0 Å². The molecule has 2 aliphatic heterocycles. The van der Waals surface area contributed by atoms with Crippen LogP contribution in [0, 0.1) is 0 Å². The molecule has 0 spiro atoms. The zero-order chi connectivity index (χ0) is 9.31. The first-order valence-electron chi connectivity index (χ1n) is 4.98. The maximum Gasteiger partial charge on any atom is 0.0793 e. The van der Waals surface area contributed by atoms with Crippen molar-refractivity contribution >= 4 is 0 Å². The topological polar surface area (TPSA) is 58.7 Å². The Hall–Kier alpha value is -0.160. The Bertz CT molecular complexity index is 174. The standard InChI is InChI=1S/C9H18N2O2/c10-7-9(12)1-3-11(4-2-9)8-5-13-6-8/h8,12H,1-7,10H2. The molecule has 13 heavy (non-hydrogen) atoms. The summed E-state index contributed by atoms with van der Waals surface area (Å²) >= 11 is 0. The average Bonchev–Trinajstić information content (AvgIpc) is 2.06. The van der Waals surface area contributed by atoms with Crippen LogP contribution in [-0.4, -0.2) is 54.5 Å². The van der Waals surface area contributed by atoms with Gasteiger partial charge in [0, 0.05) is 19.6 Å². The molecular formula is C9H18N2O2. The molecule has 0 aromatic carbocycles. The smallest absolute Gasteiger partial charge is 0.0793 e. The molecule has 2 rings (SSSR count). The molecular weight excluding hydrogens is 168 g/mol. The second kappa shape index (κ2) is 3.53. The van der Waals surface area contributed by atoms with E-state index in [9.17, 15) is 5.11 Å². The highest BCUT2D eigenvalue weighted by Gasteiger charge is 2.35. The minimum atomic E-state index is -0.596. The van der Waals surface area contributed by atoms with Crippen molar-refractivity contribution in [2.75, 3.05) is 32.8 Å². The second-order valence-corrected chi connectivity index (χ2v) is 4.16. The Morgan fingerprint density at radius 3 is 2.38 bits per heavy atom. The van der Waals surface area contributed by atoms with Crippen molar-refractivity contribution in [2.24, 2.45) is 5.73 Å². The van der Waals surface area contributed by atoms with E-state index in [2.05, 4.69) is 4.90 Å². The van der Waals surface area contributed by atoms with Crippen molar-refractivity contribution in [1.29, 1.82) is 0 Å². The molecule has 4 nitrogen and oxygen atoms in total. The molecule has 0 bridgehead atoms. The summed E-state index contributed by atoms with van der Waals surface area (Å²) in [6, 6.07) is 0.599. The van der Waals surface area contributed by atoms with Gasteiger partial charge in [0.25, 0.3) is 0 Å². The van der Waals surface area contributed by atoms with Crippen molar-refractivity contribution in [2.45, 2.75) is 24.5 Å². The lowest BCUT2D eigenvalue weighted by atomic mass is 9.91. The molecule has 0 saturated carbocycles. The normalized spacial score (nSPS) is 30.0. The maximum absolute atomic E-state index is 9.89. The summed E-state index contributed by atoms with van der Waals surface area (Å²) in [4.78, 5) is 2.40. The molecule has 3 N–H and O–H groups in total. The molecule has 0 radical (unpaired) electrons. The summed E-state index contributed by atoms with van der Waals surface area (Å²) < 4.78 is 5.14. The van der Waals surface area contributed by atoms with Gasteiger partial charge in [0.15, 0.2) is 0 Å². The first kappa shape index (κ1) is 9.40. The van der Waals surface area contributed by atoms with Crippen molar-refractivity contribution in [3.63, 3.8) is 0 Å². The minimum absolute atomic E-state index is 0.391. The van der Waals surface area contributed by atoms with Crippen LogP contribution >= 0.6 is 0 Å². The average molecular weight is 186 g/mol. The summed E-state index contributed by atoms with van der Waals surface area (Å²) in [5, 5.41) is 9.89. The van der Waals surface area contributed by atoms with Gasteiger partial charge in [-0.05, 0) is 12.8 Å². The van der Waals surface area contributed by atoms with Crippen LogP contribution in [0.3, 0.4) is 0 Å². The van der Waals surface area contributed by atoms with Crippen LogP contribution in [-0.2, 0) is 4.74 Å². The largest absolute Gasteiger partial charge is 0.388 e. The number of ether oxygens (including phenoxy) is 1. The summed E-state index contributed by atoms with van der Waals surface area (Å²) in [6.07, 6.45) is 1.61. The van der Waals surface area contributed by atoms with Gasteiger partial charge in [-0.3, -0.25) is 4.90 Å². The van der Waals surface area contributed by atoms with E-state index < -0.39 is 5.60 Å². The van der Waals surface area contributed by atoms with E-state index in [4.69, 9.17) is 10.5 Å². The number of piperidine rings is 1. The highest BCUT2D eigenvalue weighted by atomic mass is 16.5. The molecule has 2 heterocycles. The van der Waals surface area contributed by atoms with Gasteiger partial charge in [0.05, 0.1) is 24.9 Å². The van der Waals surface area contributed by atoms with Crippen molar-refractivity contribution in [1.82, 2.24) is 4.90 Å². The lowest BCUT2D eigenvalue weighted by Crippen LogP contribution is -2.56. The number of hydrogen-bond donors (Lipinski definition) is 2. The molecule has 0 unspecified atom stereocenters. The van der Waals surface area contributed by atoms with Crippen molar-refractivity contribution in [3.05, 3.63) is 0 Å². The molecule has 2 aliphatic rings. The highest BCUT2D eigenvalue weighted by molar-refractivity contribution is 4.90. The first-order chi connectivity index (χ1) is 6.23. The van der Waals surface area contributed by atoms with Crippen LogP contribution in [0.5, 0.6) is 0 Å². The Labute approximate surface area is 78.7 Å². The Morgan fingerprint density at radius 1 is 1.38 bits per heavy atom. The van der Waals surface area contributed by atoms with E-state index in [1.165, 1.54) is 0 Å². The molecule has 76 valence electrons. The minimum Gasteiger partial charge on any atom is -0.388 e. The molecule has 0 aromatic heterocycles. The summed E-state index contributed by atoms with van der Waals surface area (Å²) in [5.74, 6) is 0. The molecule has 0 amide bonds. The van der Waals surface area contributed by atoms with Gasteiger partial charge in [0.1, 0.15) is 0 Å². The lowest BCUT2D eigenvalue weighted by Gasteiger charge is -2.44. The fourth-order valence-corrected chi connectivity index (χ4v) is 1.94. The molecule has 0 aliphatic carbocycles. The predicted molar refractivity (Wildman–Crippen MR) is 49.4 cm³/mol. The number of hydrogen-bond acceptors (Lipinski definition) is 4. The third-order valence-corrected chi connectivity index (χ3v) is 3.25. The SMILES string of the molecule is NCC1(O)CCN(C2COC2)CC1. The van der Waals surface area contributed by atoms with Gasteiger partial charge in [-0.25, -0.2) is 0 Å². The number of aliphatic hydroxyl groups is 1. The first-order valence-corrected chi connectivity index (χ1v) is 4.98. The van der Waals surface area contributed by atoms with Gasteiger partial charge in [-0.1, -0.05) is 0 Å². The third-order valence-electron chi connectivity index (χ3n) is 3.25. The Morgan fingerprint density at radius 2 is 2.00 bits per heavy atom. The van der Waals surface area contributed by atoms with Crippen molar-refractivity contribution < 1.29 is 9.84 Å². The molecule has 4 heteroatoms. The fourth-order valence-electron chi connectivity index (χ4n) is 1.94. The van der Waals surface area contributed by atoms with Crippen LogP contribution < -0.4 is 5.73 Å². The third kappa shape index (κ3) is 1.86.